The van der Waals surface area contributed by atoms with Crippen molar-refractivity contribution in [2.75, 3.05) is 0 Å². The molecule has 1 N–H and O–H groups in total. The predicted molar refractivity (Wildman–Crippen MR) is 75.1 cm³/mol. The van der Waals surface area contributed by atoms with Gasteiger partial charge in [-0.3, -0.25) is 0 Å². The zero-order valence-corrected chi connectivity index (χ0v) is 12.0. The first-order chi connectivity index (χ1) is 8.09. The third-order valence-electron chi connectivity index (χ3n) is 3.60. The Kier molecular flexibility index (Phi) is 4.59. The summed E-state index contributed by atoms with van der Waals surface area (Å²) >= 11 is 18.3. The SMILES string of the molecule is CC(NCc1c(Cl)ccc(Cl)c1Cl)C1CCC1. The van der Waals surface area contributed by atoms with E-state index in [1.54, 1.807) is 12.1 Å². The topological polar surface area (TPSA) is 12.0 Å². The summed E-state index contributed by atoms with van der Waals surface area (Å²) in [6, 6.07) is 4.03. The van der Waals surface area contributed by atoms with Crippen molar-refractivity contribution in [3.63, 3.8) is 0 Å². The highest BCUT2D eigenvalue weighted by molar-refractivity contribution is 6.44. The molecule has 0 spiro atoms. The molecule has 4 heteroatoms. The average molecular weight is 293 g/mol. The molecule has 94 valence electrons. The van der Waals surface area contributed by atoms with Crippen LogP contribution in [-0.4, -0.2) is 6.04 Å². The summed E-state index contributed by atoms with van der Waals surface area (Å²) in [4.78, 5) is 0. The van der Waals surface area contributed by atoms with Crippen molar-refractivity contribution >= 4 is 34.8 Å². The normalized spacial score (nSPS) is 17.9. The van der Waals surface area contributed by atoms with Gasteiger partial charge in [-0.1, -0.05) is 41.2 Å². The summed E-state index contributed by atoms with van der Waals surface area (Å²) in [5.41, 5.74) is 0.895. The Morgan fingerprint density at radius 2 is 1.88 bits per heavy atom. The smallest absolute Gasteiger partial charge is 0.0652 e. The summed E-state index contributed by atoms with van der Waals surface area (Å²) < 4.78 is 0. The van der Waals surface area contributed by atoms with Crippen molar-refractivity contribution in [3.8, 4) is 0 Å². The average Bonchev–Trinajstić information content (AvgIpc) is 2.21. The van der Waals surface area contributed by atoms with Crippen LogP contribution >= 0.6 is 34.8 Å². The summed E-state index contributed by atoms with van der Waals surface area (Å²) in [5, 5.41) is 5.28. The second-order valence-corrected chi connectivity index (χ2v) is 5.87. The van der Waals surface area contributed by atoms with E-state index in [4.69, 9.17) is 34.8 Å². The monoisotopic (exact) mass is 291 g/mol. The lowest BCUT2D eigenvalue weighted by Crippen LogP contribution is -2.36. The van der Waals surface area contributed by atoms with Gasteiger partial charge in [-0.2, -0.15) is 0 Å². The van der Waals surface area contributed by atoms with Gasteiger partial charge in [0.05, 0.1) is 10.0 Å². The van der Waals surface area contributed by atoms with Gasteiger partial charge in [-0.25, -0.2) is 0 Å². The minimum absolute atomic E-state index is 0.509. The van der Waals surface area contributed by atoms with Crippen LogP contribution in [0.1, 0.15) is 31.7 Å². The van der Waals surface area contributed by atoms with Crippen LogP contribution in [0.4, 0.5) is 0 Å². The fourth-order valence-corrected chi connectivity index (χ4v) is 2.78. The van der Waals surface area contributed by atoms with Gasteiger partial charge in [0.25, 0.3) is 0 Å². The van der Waals surface area contributed by atoms with Gasteiger partial charge < -0.3 is 5.32 Å². The Hall–Kier alpha value is 0.0500. The van der Waals surface area contributed by atoms with Crippen LogP contribution in [0.15, 0.2) is 12.1 Å². The summed E-state index contributed by atoms with van der Waals surface area (Å²) in [7, 11) is 0. The molecule has 0 bridgehead atoms. The molecule has 1 fully saturated rings. The molecule has 0 aliphatic heterocycles. The van der Waals surface area contributed by atoms with E-state index in [2.05, 4.69) is 12.2 Å². The number of benzene rings is 1. The van der Waals surface area contributed by atoms with Crippen molar-refractivity contribution in [1.82, 2.24) is 5.32 Å². The van der Waals surface area contributed by atoms with Gasteiger partial charge in [0, 0.05) is 23.2 Å². The van der Waals surface area contributed by atoms with E-state index in [1.165, 1.54) is 19.3 Å². The Balaban J connectivity index is 2.00. The van der Waals surface area contributed by atoms with Crippen LogP contribution in [0, 0.1) is 5.92 Å². The van der Waals surface area contributed by atoms with Gasteiger partial charge in [0.2, 0.25) is 0 Å². The van der Waals surface area contributed by atoms with Gasteiger partial charge in [-0.05, 0) is 37.8 Å². The lowest BCUT2D eigenvalue weighted by Gasteiger charge is -2.32. The van der Waals surface area contributed by atoms with Crippen LogP contribution in [0.25, 0.3) is 0 Å². The minimum Gasteiger partial charge on any atom is -0.310 e. The second kappa shape index (κ2) is 5.79. The first-order valence-corrected chi connectivity index (χ1v) is 7.08. The maximum Gasteiger partial charge on any atom is 0.0652 e. The zero-order valence-electron chi connectivity index (χ0n) is 9.77. The number of nitrogens with one attached hydrogen (secondary N) is 1. The fraction of sp³-hybridized carbons (Fsp3) is 0.538. The number of hydrogen-bond donors (Lipinski definition) is 1. The van der Waals surface area contributed by atoms with E-state index >= 15 is 0 Å². The molecule has 1 aromatic carbocycles. The van der Waals surface area contributed by atoms with Crippen molar-refractivity contribution < 1.29 is 0 Å². The lowest BCUT2D eigenvalue weighted by molar-refractivity contribution is 0.240. The highest BCUT2D eigenvalue weighted by atomic mass is 35.5. The Labute approximate surface area is 117 Å². The summed E-state index contributed by atoms with van der Waals surface area (Å²) in [5.74, 6) is 0.798. The van der Waals surface area contributed by atoms with Crippen molar-refractivity contribution in [3.05, 3.63) is 32.8 Å². The van der Waals surface area contributed by atoms with E-state index < -0.39 is 0 Å². The first kappa shape index (κ1) is 13.5. The van der Waals surface area contributed by atoms with Gasteiger partial charge in [0.15, 0.2) is 0 Å². The van der Waals surface area contributed by atoms with E-state index in [-0.39, 0.29) is 0 Å². The molecule has 0 amide bonds. The van der Waals surface area contributed by atoms with Crippen LogP contribution in [0.2, 0.25) is 15.1 Å². The van der Waals surface area contributed by atoms with E-state index in [1.807, 2.05) is 0 Å². The summed E-state index contributed by atoms with van der Waals surface area (Å²) in [6.45, 7) is 2.89. The Morgan fingerprint density at radius 3 is 2.47 bits per heavy atom. The first-order valence-electron chi connectivity index (χ1n) is 5.95. The molecule has 1 aromatic rings. The molecule has 1 saturated carbocycles. The standard InChI is InChI=1S/C13H16Cl3N/c1-8(9-3-2-4-9)17-7-10-11(14)5-6-12(15)13(10)16/h5-6,8-9,17H,2-4,7H2,1H3. The van der Waals surface area contributed by atoms with Gasteiger partial charge in [0.1, 0.15) is 0 Å². The number of rotatable bonds is 4. The molecule has 1 unspecified atom stereocenters. The molecular weight excluding hydrogens is 277 g/mol. The van der Waals surface area contributed by atoms with E-state index in [0.717, 1.165) is 11.5 Å². The van der Waals surface area contributed by atoms with Crippen LogP contribution < -0.4 is 5.32 Å². The highest BCUT2D eigenvalue weighted by Gasteiger charge is 2.23. The van der Waals surface area contributed by atoms with Crippen molar-refractivity contribution in [2.24, 2.45) is 5.92 Å². The summed E-state index contributed by atoms with van der Waals surface area (Å²) in [6.07, 6.45) is 4.01. The van der Waals surface area contributed by atoms with Gasteiger partial charge >= 0.3 is 0 Å². The third kappa shape index (κ3) is 3.08. The molecule has 1 nitrogen and oxygen atoms in total. The van der Waals surface area contributed by atoms with Crippen LogP contribution in [0.5, 0.6) is 0 Å². The molecule has 0 aromatic heterocycles. The molecule has 0 saturated heterocycles. The molecule has 1 aliphatic rings. The molecular formula is C13H16Cl3N. The number of halogens is 3. The molecule has 17 heavy (non-hydrogen) atoms. The quantitative estimate of drug-likeness (QED) is 0.776. The number of hydrogen-bond acceptors (Lipinski definition) is 1. The molecule has 0 radical (unpaired) electrons. The molecule has 0 heterocycles. The predicted octanol–water partition coefficient (Wildman–Crippen LogP) is 4.93. The molecule has 1 aliphatic carbocycles. The maximum absolute atomic E-state index is 6.15. The third-order valence-corrected chi connectivity index (χ3v) is 4.79. The largest absolute Gasteiger partial charge is 0.310 e. The van der Waals surface area contributed by atoms with Crippen molar-refractivity contribution in [2.45, 2.75) is 38.8 Å². The Morgan fingerprint density at radius 1 is 1.24 bits per heavy atom. The minimum atomic E-state index is 0.509. The maximum atomic E-state index is 6.15. The molecule has 1 atom stereocenters. The zero-order chi connectivity index (χ0) is 12.4. The van der Waals surface area contributed by atoms with Crippen molar-refractivity contribution in [1.29, 1.82) is 0 Å². The fourth-order valence-electron chi connectivity index (χ4n) is 2.10. The van der Waals surface area contributed by atoms with E-state index in [0.29, 0.717) is 27.7 Å². The van der Waals surface area contributed by atoms with Crippen LogP contribution in [0.3, 0.4) is 0 Å². The van der Waals surface area contributed by atoms with Crippen LogP contribution in [-0.2, 0) is 6.54 Å². The second-order valence-electron chi connectivity index (χ2n) is 4.68. The van der Waals surface area contributed by atoms with Gasteiger partial charge in [-0.15, -0.1) is 0 Å². The molecule has 2 rings (SSSR count). The highest BCUT2D eigenvalue weighted by Crippen LogP contribution is 2.33. The Bertz CT molecular complexity index is 402. The van der Waals surface area contributed by atoms with E-state index in [9.17, 15) is 0 Å². The lowest BCUT2D eigenvalue weighted by atomic mass is 9.80.